The number of halogens is 5. The summed E-state index contributed by atoms with van der Waals surface area (Å²) in [5, 5.41) is 0. The summed E-state index contributed by atoms with van der Waals surface area (Å²) in [6.07, 6.45) is 0. The van der Waals surface area contributed by atoms with Gasteiger partial charge in [-0.2, -0.15) is 0 Å². The van der Waals surface area contributed by atoms with E-state index in [1.54, 1.807) is 0 Å². The van der Waals surface area contributed by atoms with Gasteiger partial charge in [-0.15, -0.1) is 0 Å². The maximum Gasteiger partial charge on any atom is 0.136 e. The fourth-order valence-corrected chi connectivity index (χ4v) is 5.17. The van der Waals surface area contributed by atoms with Gasteiger partial charge < -0.3 is 12.4 Å². The van der Waals surface area contributed by atoms with Gasteiger partial charge in [-0.25, -0.2) is 0 Å². The lowest BCUT2D eigenvalue weighted by Gasteiger charge is -2.15. The number of hydrogen-bond acceptors (Lipinski definition) is 0. The molecule has 0 heterocycles. The molecule has 0 atom stereocenters. The summed E-state index contributed by atoms with van der Waals surface area (Å²) in [6, 6.07) is 0. The molecule has 0 aromatic carbocycles. The second kappa shape index (κ2) is 7.53. The lowest BCUT2D eigenvalue weighted by atomic mass is 11.8. The summed E-state index contributed by atoms with van der Waals surface area (Å²) in [5.41, 5.74) is 2.13. The summed E-state index contributed by atoms with van der Waals surface area (Å²) in [4.78, 5) is 0. The Hall–Kier alpha value is 1.88. The van der Waals surface area contributed by atoms with E-state index in [0.717, 1.165) is 0 Å². The summed E-state index contributed by atoms with van der Waals surface area (Å²) in [7, 11) is -1.36. The zero-order chi connectivity index (χ0) is 7.33. The molecule has 0 rings (SSSR count). The van der Waals surface area contributed by atoms with Crippen LogP contribution >= 0.6 is 53.7 Å². The standard InChI is InChI=1S/C4H8Cl4P.ClH/c5-1-9(2-6,3-7)4-8;/h1-4H2;1H/q+1;/p-1. The minimum atomic E-state index is -1.36. The molecular weight excluding hydrogens is 256 g/mol. The van der Waals surface area contributed by atoms with E-state index in [0.29, 0.717) is 22.5 Å². The Bertz CT molecular complexity index is 56.5. The molecule has 0 fully saturated rings. The van der Waals surface area contributed by atoms with Crippen molar-refractivity contribution in [3.63, 3.8) is 0 Å². The van der Waals surface area contributed by atoms with Crippen LogP contribution in [-0.2, 0) is 0 Å². The van der Waals surface area contributed by atoms with E-state index in [1.807, 2.05) is 0 Å². The van der Waals surface area contributed by atoms with Gasteiger partial charge in [0.05, 0.1) is 7.26 Å². The maximum atomic E-state index is 5.62. The largest absolute Gasteiger partial charge is 1.00 e. The molecule has 0 unspecified atom stereocenters. The maximum absolute atomic E-state index is 5.62. The molecule has 0 aromatic heterocycles. The molecule has 0 nitrogen and oxygen atoms in total. The summed E-state index contributed by atoms with van der Waals surface area (Å²) < 4.78 is 0. The molecule has 0 aliphatic rings. The van der Waals surface area contributed by atoms with Crippen molar-refractivity contribution in [2.75, 3.05) is 22.5 Å². The second-order valence-electron chi connectivity index (χ2n) is 1.82. The van der Waals surface area contributed by atoms with E-state index < -0.39 is 7.26 Å². The predicted octanol–water partition coefficient (Wildman–Crippen LogP) is 0.793. The van der Waals surface area contributed by atoms with Crippen LogP contribution in [0.25, 0.3) is 0 Å². The van der Waals surface area contributed by atoms with Crippen LogP contribution in [0.4, 0.5) is 0 Å². The van der Waals surface area contributed by atoms with Crippen molar-refractivity contribution in [3.8, 4) is 0 Å². The van der Waals surface area contributed by atoms with Gasteiger partial charge in [0.25, 0.3) is 0 Å². The monoisotopic (exact) mass is 262 g/mol. The SMILES string of the molecule is ClC[P+](CCl)(CCl)CCl.[Cl-]. The Labute approximate surface area is 88.3 Å². The zero-order valence-corrected chi connectivity index (χ0v) is 9.84. The lowest BCUT2D eigenvalue weighted by Crippen LogP contribution is -3.00. The van der Waals surface area contributed by atoms with Crippen LogP contribution in [0.2, 0.25) is 0 Å². The Balaban J connectivity index is 0. The summed E-state index contributed by atoms with van der Waals surface area (Å²) in [6.45, 7) is 0. The molecule has 0 bridgehead atoms. The van der Waals surface area contributed by atoms with Crippen molar-refractivity contribution in [2.24, 2.45) is 0 Å². The minimum Gasteiger partial charge on any atom is -1.00 e. The molecule has 6 heteroatoms. The van der Waals surface area contributed by atoms with Crippen LogP contribution in [0.1, 0.15) is 0 Å². The molecule has 10 heavy (non-hydrogen) atoms. The van der Waals surface area contributed by atoms with E-state index in [1.165, 1.54) is 0 Å². The first kappa shape index (κ1) is 14.4. The molecule has 0 aromatic rings. The van der Waals surface area contributed by atoms with Gasteiger partial charge in [-0.05, 0) is 0 Å². The number of hydrogen-bond donors (Lipinski definition) is 0. The summed E-state index contributed by atoms with van der Waals surface area (Å²) >= 11 is 22.5. The van der Waals surface area contributed by atoms with Crippen LogP contribution in [0.15, 0.2) is 0 Å². The molecule has 0 aliphatic carbocycles. The van der Waals surface area contributed by atoms with E-state index >= 15 is 0 Å². The first-order valence-corrected chi connectivity index (χ1v) is 7.00. The molecule has 0 spiro atoms. The van der Waals surface area contributed by atoms with Crippen LogP contribution in [0, 0.1) is 0 Å². The van der Waals surface area contributed by atoms with Crippen molar-refractivity contribution >= 4 is 53.7 Å². The normalized spacial score (nSPS) is 10.8. The molecule has 0 radical (unpaired) electrons. The van der Waals surface area contributed by atoms with Crippen molar-refractivity contribution in [2.45, 2.75) is 0 Å². The van der Waals surface area contributed by atoms with Gasteiger partial charge in [0, 0.05) is 0 Å². The highest BCUT2D eigenvalue weighted by molar-refractivity contribution is 7.80. The Morgan fingerprint density at radius 3 is 0.900 bits per heavy atom. The van der Waals surface area contributed by atoms with Crippen molar-refractivity contribution in [1.82, 2.24) is 0 Å². The highest BCUT2D eigenvalue weighted by Crippen LogP contribution is 2.61. The van der Waals surface area contributed by atoms with Crippen molar-refractivity contribution in [1.29, 1.82) is 0 Å². The van der Waals surface area contributed by atoms with Gasteiger partial charge in [0.2, 0.25) is 0 Å². The van der Waals surface area contributed by atoms with Gasteiger partial charge in [-0.3, -0.25) is 0 Å². The fraction of sp³-hybridized carbons (Fsp3) is 1.00. The smallest absolute Gasteiger partial charge is 0.136 e. The molecule has 0 aliphatic heterocycles. The second-order valence-corrected chi connectivity index (χ2v) is 8.33. The van der Waals surface area contributed by atoms with Crippen LogP contribution in [-0.4, -0.2) is 22.5 Å². The minimum absolute atomic E-state index is 0. The third-order valence-electron chi connectivity index (χ3n) is 1.01. The first-order valence-electron chi connectivity index (χ1n) is 2.33. The number of rotatable bonds is 4. The molecule has 0 saturated heterocycles. The molecule has 0 amide bonds. The highest BCUT2D eigenvalue weighted by atomic mass is 35.5. The van der Waals surface area contributed by atoms with Gasteiger partial charge in [-0.1, -0.05) is 46.4 Å². The molecule has 0 saturated carbocycles. The topological polar surface area (TPSA) is 0 Å². The lowest BCUT2D eigenvalue weighted by molar-refractivity contribution is -0.00000176. The summed E-state index contributed by atoms with van der Waals surface area (Å²) in [5.74, 6) is 0. The Morgan fingerprint density at radius 1 is 0.700 bits per heavy atom. The van der Waals surface area contributed by atoms with E-state index in [4.69, 9.17) is 46.4 Å². The highest BCUT2D eigenvalue weighted by Gasteiger charge is 2.33. The molecule has 64 valence electrons. The Morgan fingerprint density at radius 2 is 0.900 bits per heavy atom. The van der Waals surface area contributed by atoms with E-state index in [9.17, 15) is 0 Å². The van der Waals surface area contributed by atoms with Crippen molar-refractivity contribution in [3.05, 3.63) is 0 Å². The zero-order valence-electron chi connectivity index (χ0n) is 5.17. The van der Waals surface area contributed by atoms with Gasteiger partial charge >= 0.3 is 0 Å². The van der Waals surface area contributed by atoms with Crippen LogP contribution in [0.5, 0.6) is 0 Å². The average Bonchev–Trinajstić information content (AvgIpc) is 1.95. The number of alkyl halides is 4. The van der Waals surface area contributed by atoms with Crippen LogP contribution < -0.4 is 12.4 Å². The Kier molecular flexibility index (Phi) is 10.8. The van der Waals surface area contributed by atoms with E-state index in [2.05, 4.69) is 0 Å². The fourth-order valence-electron chi connectivity index (χ4n) is 0.192. The van der Waals surface area contributed by atoms with Crippen LogP contribution in [0.3, 0.4) is 0 Å². The predicted molar refractivity (Wildman–Crippen MR) is 49.8 cm³/mol. The molecular formula is C4H8Cl5P. The van der Waals surface area contributed by atoms with Gasteiger partial charge in [0.15, 0.2) is 0 Å². The van der Waals surface area contributed by atoms with Gasteiger partial charge in [0.1, 0.15) is 22.5 Å². The average molecular weight is 264 g/mol. The van der Waals surface area contributed by atoms with Crippen molar-refractivity contribution < 1.29 is 12.4 Å². The van der Waals surface area contributed by atoms with E-state index in [-0.39, 0.29) is 12.4 Å². The third-order valence-corrected chi connectivity index (χ3v) is 9.13. The molecule has 0 N–H and O–H groups in total. The first-order chi connectivity index (χ1) is 4.24. The quantitative estimate of drug-likeness (QED) is 0.520. The third kappa shape index (κ3) is 4.04.